The van der Waals surface area contributed by atoms with E-state index in [1.807, 2.05) is 6.92 Å². The average Bonchev–Trinajstić information content (AvgIpc) is 2.79. The first kappa shape index (κ1) is 23.7. The van der Waals surface area contributed by atoms with Crippen molar-refractivity contribution in [1.29, 1.82) is 0 Å². The maximum absolute atomic E-state index is 11.5. The fourth-order valence-corrected chi connectivity index (χ4v) is 3.02. The van der Waals surface area contributed by atoms with Gasteiger partial charge in [0.1, 0.15) is 11.5 Å². The smallest absolute Gasteiger partial charge is 0.344 e. The molecule has 1 aromatic heterocycles. The number of halogens is 1. The van der Waals surface area contributed by atoms with E-state index < -0.39 is 12.1 Å². The molecule has 0 bridgehead atoms. The lowest BCUT2D eigenvalue weighted by Gasteiger charge is -2.15. The summed E-state index contributed by atoms with van der Waals surface area (Å²) in [7, 11) is 0. The number of nitrogens with zero attached hydrogens (tertiary/aromatic N) is 2. The summed E-state index contributed by atoms with van der Waals surface area (Å²) in [5.74, 6) is 0.267. The Labute approximate surface area is 191 Å². The number of ether oxygens (including phenoxy) is 4. The molecular formula is C23H25ClN2O6. The molecule has 0 aliphatic rings. The molecule has 32 heavy (non-hydrogen) atoms. The van der Waals surface area contributed by atoms with E-state index in [4.69, 9.17) is 30.5 Å². The third kappa shape index (κ3) is 7.33. The van der Waals surface area contributed by atoms with Crippen LogP contribution in [0, 0.1) is 0 Å². The first-order valence-electron chi connectivity index (χ1n) is 10.3. The highest BCUT2D eigenvalue weighted by molar-refractivity contribution is 6.31. The molecule has 1 atom stereocenters. The van der Waals surface area contributed by atoms with Crippen molar-refractivity contribution in [3.8, 4) is 17.4 Å². The Morgan fingerprint density at radius 3 is 2.53 bits per heavy atom. The predicted molar refractivity (Wildman–Crippen MR) is 120 cm³/mol. The van der Waals surface area contributed by atoms with E-state index in [9.17, 15) is 9.90 Å². The fraction of sp³-hybridized carbons (Fsp3) is 0.348. The molecule has 8 nitrogen and oxygen atoms in total. The monoisotopic (exact) mass is 460 g/mol. The van der Waals surface area contributed by atoms with Gasteiger partial charge in [0.15, 0.2) is 6.10 Å². The van der Waals surface area contributed by atoms with Crippen molar-refractivity contribution < 1.29 is 28.8 Å². The highest BCUT2D eigenvalue weighted by Gasteiger charge is 2.19. The minimum Gasteiger partial charge on any atom is -0.479 e. The van der Waals surface area contributed by atoms with Gasteiger partial charge in [-0.25, -0.2) is 14.8 Å². The summed E-state index contributed by atoms with van der Waals surface area (Å²) >= 11 is 5.96. The second-order valence-electron chi connectivity index (χ2n) is 6.81. The van der Waals surface area contributed by atoms with Crippen LogP contribution < -0.4 is 9.47 Å². The zero-order valence-electron chi connectivity index (χ0n) is 17.7. The van der Waals surface area contributed by atoms with Gasteiger partial charge in [0.05, 0.1) is 30.4 Å². The zero-order chi connectivity index (χ0) is 22.8. The molecule has 0 saturated heterocycles. The number of rotatable bonds is 13. The third-order valence-electron chi connectivity index (χ3n) is 4.41. The maximum atomic E-state index is 11.5. The Morgan fingerprint density at radius 1 is 1.03 bits per heavy atom. The number of hydrogen-bond acceptors (Lipinski definition) is 7. The van der Waals surface area contributed by atoms with Crippen LogP contribution in [0.3, 0.4) is 0 Å². The Balaban J connectivity index is 1.51. The van der Waals surface area contributed by atoms with Crippen LogP contribution in [0.15, 0.2) is 48.7 Å². The minimum atomic E-state index is -1.02. The summed E-state index contributed by atoms with van der Waals surface area (Å²) in [4.78, 5) is 20.2. The van der Waals surface area contributed by atoms with Crippen LogP contribution in [0.4, 0.5) is 0 Å². The van der Waals surface area contributed by atoms with Crippen LogP contribution in [0.2, 0.25) is 5.02 Å². The van der Waals surface area contributed by atoms with Gasteiger partial charge in [-0.2, -0.15) is 0 Å². The third-order valence-corrected chi connectivity index (χ3v) is 4.65. The van der Waals surface area contributed by atoms with E-state index in [0.29, 0.717) is 72.7 Å². The van der Waals surface area contributed by atoms with Crippen LogP contribution in [0.25, 0.3) is 11.0 Å². The Kier molecular flexibility index (Phi) is 9.03. The summed E-state index contributed by atoms with van der Waals surface area (Å²) in [5.41, 5.74) is 1.34. The van der Waals surface area contributed by atoms with Crippen LogP contribution >= 0.6 is 11.6 Å². The number of fused-ring (bicyclic) bond motifs is 1. The van der Waals surface area contributed by atoms with Gasteiger partial charge in [-0.15, -0.1) is 0 Å². The minimum absolute atomic E-state index is 0.332. The van der Waals surface area contributed by atoms with E-state index in [1.165, 1.54) is 6.20 Å². The molecule has 1 unspecified atom stereocenters. The van der Waals surface area contributed by atoms with Crippen LogP contribution in [0.1, 0.15) is 19.8 Å². The number of carboxylic acid groups (broad SMARTS) is 1. The number of aromatic nitrogens is 2. The van der Waals surface area contributed by atoms with E-state index in [1.54, 1.807) is 42.5 Å². The van der Waals surface area contributed by atoms with Crippen molar-refractivity contribution in [3.63, 3.8) is 0 Å². The Hall–Kier alpha value is -2.94. The second kappa shape index (κ2) is 12.2. The molecule has 0 fully saturated rings. The van der Waals surface area contributed by atoms with Gasteiger partial charge in [-0.1, -0.05) is 11.6 Å². The highest BCUT2D eigenvalue weighted by atomic mass is 35.5. The molecule has 0 saturated carbocycles. The number of carboxylic acids is 1. The summed E-state index contributed by atoms with van der Waals surface area (Å²) in [6.45, 7) is 4.03. The SMILES string of the molecule is CCOCCOCCCC(Oc1ccc(Oc2cnc3cc(Cl)ccc3n2)cc1)C(=O)O. The van der Waals surface area contributed by atoms with Gasteiger partial charge in [-0.05, 0) is 62.2 Å². The first-order valence-corrected chi connectivity index (χ1v) is 10.7. The summed E-state index contributed by atoms with van der Waals surface area (Å²) < 4.78 is 22.0. The number of aliphatic carboxylic acids is 1. The molecule has 0 spiro atoms. The second-order valence-corrected chi connectivity index (χ2v) is 7.25. The molecule has 170 valence electrons. The summed E-state index contributed by atoms with van der Waals surface area (Å²) in [6.07, 6.45) is 1.45. The van der Waals surface area contributed by atoms with Gasteiger partial charge in [-0.3, -0.25) is 0 Å². The van der Waals surface area contributed by atoms with Crippen LogP contribution in [-0.4, -0.2) is 53.6 Å². The van der Waals surface area contributed by atoms with Crippen molar-refractivity contribution in [2.45, 2.75) is 25.9 Å². The molecule has 0 amide bonds. The lowest BCUT2D eigenvalue weighted by atomic mass is 10.2. The molecule has 3 rings (SSSR count). The Morgan fingerprint density at radius 2 is 1.78 bits per heavy atom. The molecule has 1 N–H and O–H groups in total. The summed E-state index contributed by atoms with van der Waals surface area (Å²) in [6, 6.07) is 11.9. The molecule has 3 aromatic rings. The molecule has 0 radical (unpaired) electrons. The largest absolute Gasteiger partial charge is 0.479 e. The number of hydrogen-bond donors (Lipinski definition) is 1. The lowest BCUT2D eigenvalue weighted by molar-refractivity contribution is -0.145. The normalized spacial score (nSPS) is 11.9. The van der Waals surface area contributed by atoms with Crippen molar-refractivity contribution in [2.75, 3.05) is 26.4 Å². The standard InChI is InChI=1S/C23H25ClN2O6/c1-2-29-12-13-30-11-3-4-21(23(27)28)31-17-6-8-18(9-7-17)32-22-15-25-20-14-16(24)5-10-19(20)26-22/h5-10,14-15,21H,2-4,11-13H2,1H3,(H,27,28). The lowest BCUT2D eigenvalue weighted by Crippen LogP contribution is -2.27. The number of benzene rings is 2. The Bertz CT molecular complexity index is 1020. The van der Waals surface area contributed by atoms with Gasteiger partial charge >= 0.3 is 5.97 Å². The molecular weight excluding hydrogens is 436 g/mol. The zero-order valence-corrected chi connectivity index (χ0v) is 18.5. The summed E-state index contributed by atoms with van der Waals surface area (Å²) in [5, 5.41) is 10.0. The molecule has 0 aliphatic carbocycles. The van der Waals surface area contributed by atoms with Crippen molar-refractivity contribution >= 4 is 28.6 Å². The molecule has 1 heterocycles. The van der Waals surface area contributed by atoms with Gasteiger partial charge < -0.3 is 24.1 Å². The van der Waals surface area contributed by atoms with Crippen molar-refractivity contribution in [1.82, 2.24) is 9.97 Å². The number of carbonyl (C=O) groups is 1. The molecule has 2 aromatic carbocycles. The maximum Gasteiger partial charge on any atom is 0.344 e. The van der Waals surface area contributed by atoms with Crippen molar-refractivity contribution in [3.05, 3.63) is 53.7 Å². The average molecular weight is 461 g/mol. The van der Waals surface area contributed by atoms with Crippen molar-refractivity contribution in [2.24, 2.45) is 0 Å². The van der Waals surface area contributed by atoms with E-state index in [0.717, 1.165) is 0 Å². The van der Waals surface area contributed by atoms with Gasteiger partial charge in [0.2, 0.25) is 5.88 Å². The van der Waals surface area contributed by atoms with E-state index >= 15 is 0 Å². The highest BCUT2D eigenvalue weighted by Crippen LogP contribution is 2.25. The van der Waals surface area contributed by atoms with Gasteiger partial charge in [0.25, 0.3) is 0 Å². The van der Waals surface area contributed by atoms with Crippen LogP contribution in [-0.2, 0) is 14.3 Å². The predicted octanol–water partition coefficient (Wildman–Crippen LogP) is 4.74. The van der Waals surface area contributed by atoms with Crippen LogP contribution in [0.5, 0.6) is 17.4 Å². The molecule has 9 heteroatoms. The first-order chi connectivity index (χ1) is 15.5. The quantitative estimate of drug-likeness (QED) is 0.365. The van der Waals surface area contributed by atoms with E-state index in [2.05, 4.69) is 9.97 Å². The fourth-order valence-electron chi connectivity index (χ4n) is 2.86. The van der Waals surface area contributed by atoms with Gasteiger partial charge in [0, 0.05) is 18.2 Å². The molecule has 0 aliphatic heterocycles. The van der Waals surface area contributed by atoms with E-state index in [-0.39, 0.29) is 0 Å². The topological polar surface area (TPSA) is 100 Å².